The highest BCUT2D eigenvalue weighted by molar-refractivity contribution is 6.31. The standard InChI is InChI=1S/C11H10Cl2N4O2/c1-7(12)10-6-16(15-14-10)5-8-9(13)3-2-4-11(8)17(18)19/h2-4,6-7H,5H2,1H3. The largest absolute Gasteiger partial charge is 0.275 e. The van der Waals surface area contributed by atoms with Gasteiger partial charge in [0.15, 0.2) is 0 Å². The first kappa shape index (κ1) is 13.8. The minimum absolute atomic E-state index is 0.0385. The number of benzene rings is 1. The molecule has 1 atom stereocenters. The van der Waals surface area contributed by atoms with Gasteiger partial charge in [-0.3, -0.25) is 10.1 Å². The number of nitro benzene ring substituents is 1. The fourth-order valence-corrected chi connectivity index (χ4v) is 1.94. The Morgan fingerprint density at radius 2 is 2.26 bits per heavy atom. The van der Waals surface area contributed by atoms with E-state index in [0.717, 1.165) is 0 Å². The third kappa shape index (κ3) is 3.02. The third-order valence-electron chi connectivity index (χ3n) is 2.57. The zero-order valence-electron chi connectivity index (χ0n) is 9.96. The lowest BCUT2D eigenvalue weighted by atomic mass is 10.2. The monoisotopic (exact) mass is 300 g/mol. The minimum Gasteiger partial charge on any atom is -0.258 e. The molecule has 19 heavy (non-hydrogen) atoms. The molecular weight excluding hydrogens is 291 g/mol. The van der Waals surface area contributed by atoms with Gasteiger partial charge in [-0.15, -0.1) is 16.7 Å². The molecule has 1 aromatic heterocycles. The van der Waals surface area contributed by atoms with Crippen LogP contribution in [-0.4, -0.2) is 19.9 Å². The fraction of sp³-hybridized carbons (Fsp3) is 0.273. The van der Waals surface area contributed by atoms with Crippen LogP contribution in [0, 0.1) is 10.1 Å². The summed E-state index contributed by atoms with van der Waals surface area (Å²) in [5.41, 5.74) is 0.965. The molecule has 6 nitrogen and oxygen atoms in total. The van der Waals surface area contributed by atoms with E-state index in [1.54, 1.807) is 19.2 Å². The molecule has 0 N–H and O–H groups in total. The van der Waals surface area contributed by atoms with Crippen molar-refractivity contribution in [1.82, 2.24) is 15.0 Å². The van der Waals surface area contributed by atoms with Crippen molar-refractivity contribution in [3.8, 4) is 0 Å². The van der Waals surface area contributed by atoms with Crippen LogP contribution < -0.4 is 0 Å². The molecular formula is C11H10Cl2N4O2. The van der Waals surface area contributed by atoms with Crippen molar-refractivity contribution in [2.75, 3.05) is 0 Å². The Hall–Kier alpha value is -1.66. The van der Waals surface area contributed by atoms with Gasteiger partial charge in [-0.25, -0.2) is 4.68 Å². The maximum absolute atomic E-state index is 11.0. The molecule has 2 aromatic rings. The number of rotatable bonds is 4. The Morgan fingerprint density at radius 1 is 1.53 bits per heavy atom. The highest BCUT2D eigenvalue weighted by atomic mass is 35.5. The fourth-order valence-electron chi connectivity index (χ4n) is 1.61. The van der Waals surface area contributed by atoms with Crippen molar-refractivity contribution >= 4 is 28.9 Å². The lowest BCUT2D eigenvalue weighted by molar-refractivity contribution is -0.385. The summed E-state index contributed by atoms with van der Waals surface area (Å²) in [5, 5.41) is 18.8. The van der Waals surface area contributed by atoms with Crippen LogP contribution in [0.25, 0.3) is 0 Å². The third-order valence-corrected chi connectivity index (χ3v) is 3.15. The van der Waals surface area contributed by atoms with E-state index in [1.165, 1.54) is 16.8 Å². The smallest absolute Gasteiger partial charge is 0.258 e. The van der Waals surface area contributed by atoms with E-state index < -0.39 is 4.92 Å². The molecule has 0 amide bonds. The molecule has 100 valence electrons. The maximum atomic E-state index is 11.0. The average Bonchev–Trinajstić information content (AvgIpc) is 2.80. The van der Waals surface area contributed by atoms with Crippen molar-refractivity contribution in [1.29, 1.82) is 0 Å². The van der Waals surface area contributed by atoms with E-state index in [1.807, 2.05) is 0 Å². The molecule has 0 aliphatic carbocycles. The van der Waals surface area contributed by atoms with E-state index in [4.69, 9.17) is 23.2 Å². The quantitative estimate of drug-likeness (QED) is 0.494. The van der Waals surface area contributed by atoms with E-state index in [0.29, 0.717) is 16.3 Å². The van der Waals surface area contributed by atoms with Gasteiger partial charge >= 0.3 is 0 Å². The van der Waals surface area contributed by atoms with Crippen LogP contribution in [-0.2, 0) is 6.54 Å². The van der Waals surface area contributed by atoms with E-state index in [9.17, 15) is 10.1 Å². The Kier molecular flexibility index (Phi) is 4.01. The van der Waals surface area contributed by atoms with Gasteiger partial charge in [0.05, 0.1) is 33.6 Å². The van der Waals surface area contributed by atoms with Crippen molar-refractivity contribution in [2.24, 2.45) is 0 Å². The molecule has 0 fully saturated rings. The molecule has 0 bridgehead atoms. The molecule has 0 spiro atoms. The predicted molar refractivity (Wildman–Crippen MR) is 71.5 cm³/mol. The number of alkyl halides is 1. The summed E-state index contributed by atoms with van der Waals surface area (Å²) in [6, 6.07) is 4.55. The second-order valence-corrected chi connectivity index (χ2v) is 5.01. The van der Waals surface area contributed by atoms with Gasteiger partial charge in [0.25, 0.3) is 5.69 Å². The number of halogens is 2. The SMILES string of the molecule is CC(Cl)c1cn(Cc2c(Cl)cccc2[N+](=O)[O-])nn1. The van der Waals surface area contributed by atoms with E-state index in [2.05, 4.69) is 10.3 Å². The summed E-state index contributed by atoms with van der Waals surface area (Å²) in [5.74, 6) is 0. The van der Waals surface area contributed by atoms with Crippen LogP contribution in [0.3, 0.4) is 0 Å². The molecule has 0 saturated carbocycles. The highest BCUT2D eigenvalue weighted by Crippen LogP contribution is 2.27. The van der Waals surface area contributed by atoms with Crippen molar-refractivity contribution in [3.05, 3.63) is 50.8 Å². The molecule has 8 heteroatoms. The number of aromatic nitrogens is 3. The second kappa shape index (κ2) is 5.54. The number of nitrogens with zero attached hydrogens (tertiary/aromatic N) is 4. The first-order chi connectivity index (χ1) is 8.99. The molecule has 0 aliphatic heterocycles. The number of hydrogen-bond donors (Lipinski definition) is 0. The molecule has 1 aromatic carbocycles. The average molecular weight is 301 g/mol. The van der Waals surface area contributed by atoms with Crippen LogP contribution in [0.1, 0.15) is 23.6 Å². The van der Waals surface area contributed by atoms with Crippen molar-refractivity contribution in [2.45, 2.75) is 18.8 Å². The van der Waals surface area contributed by atoms with Crippen LogP contribution in [0.4, 0.5) is 5.69 Å². The topological polar surface area (TPSA) is 73.8 Å². The molecule has 1 heterocycles. The highest BCUT2D eigenvalue weighted by Gasteiger charge is 2.18. The van der Waals surface area contributed by atoms with Crippen LogP contribution in [0.15, 0.2) is 24.4 Å². The van der Waals surface area contributed by atoms with Gasteiger partial charge in [0.1, 0.15) is 5.69 Å². The molecule has 0 radical (unpaired) electrons. The molecule has 0 aliphatic rings. The normalized spacial score (nSPS) is 12.4. The Labute approximate surface area is 119 Å². The van der Waals surface area contributed by atoms with Gasteiger partial charge in [-0.2, -0.15) is 0 Å². The van der Waals surface area contributed by atoms with Crippen LogP contribution in [0.5, 0.6) is 0 Å². The van der Waals surface area contributed by atoms with Crippen LogP contribution >= 0.6 is 23.2 Å². The van der Waals surface area contributed by atoms with Crippen molar-refractivity contribution < 1.29 is 4.92 Å². The van der Waals surface area contributed by atoms with Gasteiger partial charge in [-0.05, 0) is 13.0 Å². The summed E-state index contributed by atoms with van der Waals surface area (Å²) in [6.45, 7) is 1.94. The Bertz CT molecular complexity index is 612. The first-order valence-electron chi connectivity index (χ1n) is 5.45. The summed E-state index contributed by atoms with van der Waals surface area (Å²) < 4.78 is 1.47. The van der Waals surface area contributed by atoms with Crippen LogP contribution in [0.2, 0.25) is 5.02 Å². The van der Waals surface area contributed by atoms with Gasteiger partial charge in [0, 0.05) is 6.07 Å². The lowest BCUT2D eigenvalue weighted by Crippen LogP contribution is -2.04. The van der Waals surface area contributed by atoms with Gasteiger partial charge in [-0.1, -0.05) is 22.9 Å². The van der Waals surface area contributed by atoms with Crippen molar-refractivity contribution in [3.63, 3.8) is 0 Å². The summed E-state index contributed by atoms with van der Waals surface area (Å²) in [7, 11) is 0. The molecule has 2 rings (SSSR count). The maximum Gasteiger partial charge on any atom is 0.275 e. The predicted octanol–water partition coefficient (Wildman–Crippen LogP) is 3.19. The second-order valence-electron chi connectivity index (χ2n) is 3.95. The van der Waals surface area contributed by atoms with E-state index >= 15 is 0 Å². The zero-order chi connectivity index (χ0) is 14.0. The zero-order valence-corrected chi connectivity index (χ0v) is 11.5. The summed E-state index contributed by atoms with van der Waals surface area (Å²) in [4.78, 5) is 10.5. The number of nitro groups is 1. The van der Waals surface area contributed by atoms with Gasteiger partial charge in [0.2, 0.25) is 0 Å². The lowest BCUT2D eigenvalue weighted by Gasteiger charge is -2.04. The van der Waals surface area contributed by atoms with Gasteiger partial charge < -0.3 is 0 Å². The Balaban J connectivity index is 2.34. The van der Waals surface area contributed by atoms with E-state index in [-0.39, 0.29) is 17.6 Å². The Morgan fingerprint density at radius 3 is 2.84 bits per heavy atom. The first-order valence-corrected chi connectivity index (χ1v) is 6.26. The number of hydrogen-bond acceptors (Lipinski definition) is 4. The summed E-state index contributed by atoms with van der Waals surface area (Å²) in [6.07, 6.45) is 1.64. The minimum atomic E-state index is -0.469. The molecule has 1 unspecified atom stereocenters. The summed E-state index contributed by atoms with van der Waals surface area (Å²) >= 11 is 11.9. The molecule has 0 saturated heterocycles.